The van der Waals surface area contributed by atoms with Gasteiger partial charge in [-0.1, -0.05) is 30.3 Å². The molecule has 2 aromatic carbocycles. The van der Waals surface area contributed by atoms with E-state index in [4.69, 9.17) is 0 Å². The predicted molar refractivity (Wildman–Crippen MR) is 108 cm³/mol. The summed E-state index contributed by atoms with van der Waals surface area (Å²) < 4.78 is 15.1. The fraction of sp³-hybridized carbons (Fsp3) is 0.130. The number of aryl methyl sites for hydroxylation is 1. The van der Waals surface area contributed by atoms with Gasteiger partial charge in [0.25, 0.3) is 0 Å². The van der Waals surface area contributed by atoms with Crippen LogP contribution in [-0.2, 0) is 13.0 Å². The van der Waals surface area contributed by atoms with Crippen molar-refractivity contribution in [2.45, 2.75) is 19.4 Å². The molecule has 0 aliphatic carbocycles. The number of pyridine rings is 1. The van der Waals surface area contributed by atoms with Gasteiger partial charge in [-0.2, -0.15) is 0 Å². The van der Waals surface area contributed by atoms with Crippen LogP contribution in [0.1, 0.15) is 12.0 Å². The second kappa shape index (κ2) is 8.05. The van der Waals surface area contributed by atoms with Gasteiger partial charge in [0.15, 0.2) is 0 Å². The highest BCUT2D eigenvalue weighted by Crippen LogP contribution is 2.30. The van der Waals surface area contributed by atoms with Crippen LogP contribution in [0.15, 0.2) is 83.9 Å². The second-order valence-electron chi connectivity index (χ2n) is 6.64. The largest absolute Gasteiger partial charge is 0.326 e. The van der Waals surface area contributed by atoms with Crippen LogP contribution in [0.3, 0.4) is 0 Å². The van der Waals surface area contributed by atoms with Crippen LogP contribution in [0.5, 0.6) is 0 Å². The van der Waals surface area contributed by atoms with Crippen LogP contribution < -0.4 is 5.69 Å². The smallest absolute Gasteiger partial charge is 0.305 e. The van der Waals surface area contributed by atoms with Crippen molar-refractivity contribution in [2.75, 3.05) is 0 Å². The summed E-state index contributed by atoms with van der Waals surface area (Å²) in [4.78, 5) is 19.8. The minimum atomic E-state index is -0.307. The van der Waals surface area contributed by atoms with Crippen LogP contribution in [0.2, 0.25) is 0 Å². The highest BCUT2D eigenvalue weighted by molar-refractivity contribution is 5.78. The Labute approximate surface area is 162 Å². The molecule has 0 saturated carbocycles. The molecule has 0 bridgehead atoms. The van der Waals surface area contributed by atoms with Crippen LogP contribution >= 0.6 is 0 Å². The van der Waals surface area contributed by atoms with Crippen molar-refractivity contribution in [1.82, 2.24) is 14.5 Å². The molecule has 0 unspecified atom stereocenters. The number of H-pyrrole nitrogens is 1. The van der Waals surface area contributed by atoms with Crippen LogP contribution in [0.4, 0.5) is 4.39 Å². The number of hydrogen-bond acceptors (Lipinski definition) is 2. The summed E-state index contributed by atoms with van der Waals surface area (Å²) in [5.41, 5.74) is 4.23. The van der Waals surface area contributed by atoms with Gasteiger partial charge in [0, 0.05) is 30.1 Å². The number of halogens is 1. The lowest BCUT2D eigenvalue weighted by molar-refractivity contribution is 0.628. The third-order valence-corrected chi connectivity index (χ3v) is 4.76. The van der Waals surface area contributed by atoms with E-state index in [2.05, 4.69) is 22.1 Å². The Morgan fingerprint density at radius 3 is 2.32 bits per heavy atom. The lowest BCUT2D eigenvalue weighted by Crippen LogP contribution is -2.18. The SMILES string of the molecule is O=c1[nH]c(-c2ccc(F)cc2)c(-c2ccncc2)n1CCCc1ccccc1. The fourth-order valence-corrected chi connectivity index (χ4v) is 3.40. The van der Waals surface area contributed by atoms with Crippen molar-refractivity contribution in [1.29, 1.82) is 0 Å². The summed E-state index contributed by atoms with van der Waals surface area (Å²) in [5, 5.41) is 0. The molecule has 0 aliphatic heterocycles. The van der Waals surface area contributed by atoms with Gasteiger partial charge >= 0.3 is 5.69 Å². The number of aromatic nitrogens is 3. The van der Waals surface area contributed by atoms with Gasteiger partial charge in [0.1, 0.15) is 5.82 Å². The maximum atomic E-state index is 13.4. The van der Waals surface area contributed by atoms with E-state index in [-0.39, 0.29) is 11.5 Å². The average molecular weight is 373 g/mol. The molecule has 2 aromatic heterocycles. The molecule has 4 aromatic rings. The van der Waals surface area contributed by atoms with E-state index in [0.717, 1.165) is 29.7 Å². The van der Waals surface area contributed by atoms with Crippen LogP contribution in [-0.4, -0.2) is 14.5 Å². The minimum absolute atomic E-state index is 0.167. The van der Waals surface area contributed by atoms with Crippen molar-refractivity contribution < 1.29 is 4.39 Å². The van der Waals surface area contributed by atoms with Crippen molar-refractivity contribution in [2.24, 2.45) is 0 Å². The molecular formula is C23H20FN3O. The number of nitrogens with zero attached hydrogens (tertiary/aromatic N) is 2. The molecule has 1 N–H and O–H groups in total. The van der Waals surface area contributed by atoms with Gasteiger partial charge in [-0.25, -0.2) is 9.18 Å². The normalized spacial score (nSPS) is 10.9. The highest BCUT2D eigenvalue weighted by atomic mass is 19.1. The molecule has 0 atom stereocenters. The van der Waals surface area contributed by atoms with Crippen molar-refractivity contribution in [3.63, 3.8) is 0 Å². The molecule has 140 valence electrons. The van der Waals surface area contributed by atoms with Crippen molar-refractivity contribution in [3.05, 3.63) is 101 Å². The molecule has 2 heterocycles. The van der Waals surface area contributed by atoms with E-state index in [1.165, 1.54) is 17.7 Å². The number of aromatic amines is 1. The average Bonchev–Trinajstić information content (AvgIpc) is 3.06. The van der Waals surface area contributed by atoms with Crippen LogP contribution in [0, 0.1) is 5.82 Å². The fourth-order valence-electron chi connectivity index (χ4n) is 3.40. The molecule has 0 aliphatic rings. The molecule has 4 nitrogen and oxygen atoms in total. The number of rotatable bonds is 6. The third-order valence-electron chi connectivity index (χ3n) is 4.76. The summed E-state index contributed by atoms with van der Waals surface area (Å²) in [6, 6.07) is 20.1. The number of imidazole rings is 1. The Morgan fingerprint density at radius 2 is 1.61 bits per heavy atom. The van der Waals surface area contributed by atoms with Crippen molar-refractivity contribution >= 4 is 0 Å². The maximum absolute atomic E-state index is 13.4. The third kappa shape index (κ3) is 3.78. The first-order valence-electron chi connectivity index (χ1n) is 9.25. The molecule has 0 radical (unpaired) electrons. The number of nitrogens with one attached hydrogen (secondary N) is 1. The molecule has 5 heteroatoms. The summed E-state index contributed by atoms with van der Waals surface area (Å²) in [7, 11) is 0. The van der Waals surface area contributed by atoms with Gasteiger partial charge < -0.3 is 4.98 Å². The molecule has 0 fully saturated rings. The zero-order valence-electron chi connectivity index (χ0n) is 15.3. The van der Waals surface area contributed by atoms with Gasteiger partial charge in [-0.15, -0.1) is 0 Å². The Kier molecular flexibility index (Phi) is 5.15. The summed E-state index contributed by atoms with van der Waals surface area (Å²) >= 11 is 0. The Morgan fingerprint density at radius 1 is 0.893 bits per heavy atom. The van der Waals surface area contributed by atoms with E-state index >= 15 is 0 Å². The topological polar surface area (TPSA) is 50.7 Å². The second-order valence-corrected chi connectivity index (χ2v) is 6.64. The van der Waals surface area contributed by atoms with E-state index in [1.807, 2.05) is 30.3 Å². The molecular weight excluding hydrogens is 353 g/mol. The molecule has 4 rings (SSSR count). The molecule has 28 heavy (non-hydrogen) atoms. The maximum Gasteiger partial charge on any atom is 0.326 e. The molecule has 0 saturated heterocycles. The van der Waals surface area contributed by atoms with Crippen molar-refractivity contribution in [3.8, 4) is 22.5 Å². The van der Waals surface area contributed by atoms with E-state index < -0.39 is 0 Å². The number of hydrogen-bond donors (Lipinski definition) is 1. The first-order chi connectivity index (χ1) is 13.7. The van der Waals surface area contributed by atoms with Gasteiger partial charge in [0.2, 0.25) is 0 Å². The minimum Gasteiger partial charge on any atom is -0.305 e. The summed E-state index contributed by atoms with van der Waals surface area (Å²) in [6.07, 6.45) is 5.13. The first kappa shape index (κ1) is 17.9. The quantitative estimate of drug-likeness (QED) is 0.534. The number of benzene rings is 2. The van der Waals surface area contributed by atoms with E-state index in [0.29, 0.717) is 12.2 Å². The van der Waals surface area contributed by atoms with Gasteiger partial charge in [-0.05, 0) is 54.8 Å². The first-order valence-corrected chi connectivity index (χ1v) is 9.25. The Hall–Kier alpha value is -3.47. The van der Waals surface area contributed by atoms with Gasteiger partial charge in [-0.3, -0.25) is 9.55 Å². The monoisotopic (exact) mass is 373 g/mol. The summed E-state index contributed by atoms with van der Waals surface area (Å²) in [5.74, 6) is -0.307. The Balaban J connectivity index is 1.71. The lowest BCUT2D eigenvalue weighted by Gasteiger charge is -2.10. The van der Waals surface area contributed by atoms with E-state index in [9.17, 15) is 9.18 Å². The molecule has 0 amide bonds. The Bertz CT molecular complexity index is 1100. The zero-order chi connectivity index (χ0) is 19.3. The van der Waals surface area contributed by atoms with Gasteiger partial charge in [0.05, 0.1) is 11.4 Å². The molecule has 0 spiro atoms. The predicted octanol–water partition coefficient (Wildman–Crippen LogP) is 4.68. The van der Waals surface area contributed by atoms with E-state index in [1.54, 1.807) is 29.1 Å². The lowest BCUT2D eigenvalue weighted by atomic mass is 10.1. The highest BCUT2D eigenvalue weighted by Gasteiger charge is 2.17. The summed E-state index contributed by atoms with van der Waals surface area (Å²) in [6.45, 7) is 0.586. The van der Waals surface area contributed by atoms with Crippen LogP contribution in [0.25, 0.3) is 22.5 Å². The zero-order valence-corrected chi connectivity index (χ0v) is 15.3. The standard InChI is InChI=1S/C23H20FN3O/c24-20-10-8-18(9-11-20)21-22(19-12-14-25-15-13-19)27(23(28)26-21)16-4-7-17-5-2-1-3-6-17/h1-3,5-6,8-15H,4,7,16H2,(H,26,28).